The largest absolute Gasteiger partial charge is 0.385 e. The first-order chi connectivity index (χ1) is 8.00. The van der Waals surface area contributed by atoms with Gasteiger partial charge in [-0.05, 0) is 47.2 Å². The van der Waals surface area contributed by atoms with Gasteiger partial charge in [0.05, 0.1) is 10.6 Å². The van der Waals surface area contributed by atoms with E-state index < -0.39 is 11.4 Å². The molecule has 1 nitrogen and oxygen atoms in total. The van der Waals surface area contributed by atoms with Crippen molar-refractivity contribution in [3.63, 3.8) is 0 Å². The van der Waals surface area contributed by atoms with Crippen molar-refractivity contribution in [1.82, 2.24) is 0 Å². The number of rotatable bonds is 2. The fourth-order valence-corrected chi connectivity index (χ4v) is 3.29. The fraction of sp³-hybridized carbons (Fsp3) is 0.538. The highest BCUT2D eigenvalue weighted by atomic mass is 79.9. The summed E-state index contributed by atoms with van der Waals surface area (Å²) >= 11 is 9.07. The van der Waals surface area contributed by atoms with Crippen LogP contribution < -0.4 is 0 Å². The molecule has 1 aromatic carbocycles. The second-order valence-corrected chi connectivity index (χ2v) is 5.88. The standard InChI is InChI=1S/C13H15BrClFO/c1-2-8-4-3-7-13(8,17)9-5-6-10(14)11(15)12(9)16/h5-6,8,17H,2-4,7H2,1H3. The summed E-state index contributed by atoms with van der Waals surface area (Å²) in [4.78, 5) is 0. The van der Waals surface area contributed by atoms with Gasteiger partial charge in [-0.15, -0.1) is 0 Å². The maximum Gasteiger partial charge on any atom is 0.149 e. The number of hydrogen-bond donors (Lipinski definition) is 1. The normalized spacial score (nSPS) is 28.6. The Morgan fingerprint density at radius 1 is 1.59 bits per heavy atom. The number of aliphatic hydroxyl groups is 1. The summed E-state index contributed by atoms with van der Waals surface area (Å²) in [7, 11) is 0. The summed E-state index contributed by atoms with van der Waals surface area (Å²) in [5, 5.41) is 10.8. The molecule has 0 spiro atoms. The molecule has 17 heavy (non-hydrogen) atoms. The topological polar surface area (TPSA) is 20.2 Å². The Hall–Kier alpha value is -0.120. The van der Waals surface area contributed by atoms with Crippen molar-refractivity contribution in [1.29, 1.82) is 0 Å². The Morgan fingerprint density at radius 3 is 2.94 bits per heavy atom. The second-order valence-electron chi connectivity index (χ2n) is 4.64. The van der Waals surface area contributed by atoms with Crippen molar-refractivity contribution >= 4 is 27.5 Å². The van der Waals surface area contributed by atoms with Crippen LogP contribution in [0.2, 0.25) is 5.02 Å². The predicted octanol–water partition coefficient (Wildman–Crippen LogP) is 4.64. The zero-order valence-electron chi connectivity index (χ0n) is 9.64. The molecule has 2 atom stereocenters. The fourth-order valence-electron chi connectivity index (χ4n) is 2.82. The van der Waals surface area contributed by atoms with Crippen molar-refractivity contribution in [2.24, 2.45) is 5.92 Å². The third-order valence-corrected chi connectivity index (χ3v) is 5.04. The average Bonchev–Trinajstić information content (AvgIpc) is 2.68. The number of hydrogen-bond acceptors (Lipinski definition) is 1. The zero-order valence-corrected chi connectivity index (χ0v) is 12.0. The lowest BCUT2D eigenvalue weighted by molar-refractivity contribution is -0.00703. The van der Waals surface area contributed by atoms with Crippen LogP contribution in [0.1, 0.15) is 38.2 Å². The molecule has 0 aliphatic heterocycles. The Balaban J connectivity index is 2.50. The highest BCUT2D eigenvalue weighted by molar-refractivity contribution is 9.10. The molecule has 1 aliphatic carbocycles. The van der Waals surface area contributed by atoms with E-state index in [4.69, 9.17) is 11.6 Å². The van der Waals surface area contributed by atoms with Crippen LogP contribution in [-0.2, 0) is 5.60 Å². The van der Waals surface area contributed by atoms with Gasteiger partial charge in [-0.2, -0.15) is 0 Å². The first kappa shape index (κ1) is 13.3. The third-order valence-electron chi connectivity index (χ3n) is 3.78. The van der Waals surface area contributed by atoms with Gasteiger partial charge in [-0.25, -0.2) is 4.39 Å². The van der Waals surface area contributed by atoms with E-state index in [1.165, 1.54) is 0 Å². The Bertz CT molecular complexity index is 438. The minimum atomic E-state index is -1.05. The maximum absolute atomic E-state index is 14.1. The molecule has 1 aromatic rings. The lowest BCUT2D eigenvalue weighted by Gasteiger charge is -2.30. The van der Waals surface area contributed by atoms with Gasteiger partial charge < -0.3 is 5.11 Å². The molecule has 2 rings (SSSR count). The van der Waals surface area contributed by atoms with Crippen molar-refractivity contribution in [3.8, 4) is 0 Å². The van der Waals surface area contributed by atoms with E-state index in [0.29, 0.717) is 16.5 Å². The third kappa shape index (κ3) is 2.13. The first-order valence-electron chi connectivity index (χ1n) is 5.87. The van der Waals surface area contributed by atoms with E-state index in [1.54, 1.807) is 12.1 Å². The van der Waals surface area contributed by atoms with E-state index in [9.17, 15) is 9.50 Å². The smallest absolute Gasteiger partial charge is 0.149 e. The molecule has 1 N–H and O–H groups in total. The summed E-state index contributed by atoms with van der Waals surface area (Å²) < 4.78 is 14.7. The Labute approximate surface area is 114 Å². The molecule has 0 saturated heterocycles. The summed E-state index contributed by atoms with van der Waals surface area (Å²) in [6.45, 7) is 2.03. The quantitative estimate of drug-likeness (QED) is 0.787. The lowest BCUT2D eigenvalue weighted by Crippen LogP contribution is -2.31. The van der Waals surface area contributed by atoms with Gasteiger partial charge in [-0.3, -0.25) is 0 Å². The van der Waals surface area contributed by atoms with Gasteiger partial charge in [0, 0.05) is 10.0 Å². The van der Waals surface area contributed by atoms with E-state index in [2.05, 4.69) is 15.9 Å². The SMILES string of the molecule is CCC1CCCC1(O)c1ccc(Br)c(Cl)c1F. The first-order valence-corrected chi connectivity index (χ1v) is 7.04. The molecule has 1 aliphatic rings. The summed E-state index contributed by atoms with van der Waals surface area (Å²) in [5.41, 5.74) is -0.710. The maximum atomic E-state index is 14.1. The summed E-state index contributed by atoms with van der Waals surface area (Å²) in [5.74, 6) is -0.377. The predicted molar refractivity (Wildman–Crippen MR) is 70.6 cm³/mol. The van der Waals surface area contributed by atoms with Gasteiger partial charge in [0.1, 0.15) is 5.82 Å². The van der Waals surface area contributed by atoms with Crippen LogP contribution in [-0.4, -0.2) is 5.11 Å². The monoisotopic (exact) mass is 320 g/mol. The van der Waals surface area contributed by atoms with Crippen LogP contribution in [0.5, 0.6) is 0 Å². The summed E-state index contributed by atoms with van der Waals surface area (Å²) in [6, 6.07) is 3.34. The highest BCUT2D eigenvalue weighted by Gasteiger charge is 2.43. The molecule has 1 fully saturated rings. The molecule has 0 amide bonds. The van der Waals surface area contributed by atoms with Crippen molar-refractivity contribution in [2.45, 2.75) is 38.2 Å². The Morgan fingerprint density at radius 2 is 2.29 bits per heavy atom. The van der Waals surface area contributed by atoms with Crippen molar-refractivity contribution in [3.05, 3.63) is 33.0 Å². The second kappa shape index (κ2) is 4.87. The molecular formula is C13H15BrClFO. The van der Waals surface area contributed by atoms with Gasteiger partial charge in [0.15, 0.2) is 0 Å². The lowest BCUT2D eigenvalue weighted by atomic mass is 9.82. The van der Waals surface area contributed by atoms with Crippen molar-refractivity contribution < 1.29 is 9.50 Å². The van der Waals surface area contributed by atoms with Gasteiger partial charge in [-0.1, -0.05) is 31.0 Å². The van der Waals surface area contributed by atoms with Gasteiger partial charge in [0.25, 0.3) is 0 Å². The molecule has 94 valence electrons. The van der Waals surface area contributed by atoms with E-state index in [1.807, 2.05) is 6.92 Å². The number of benzene rings is 1. The van der Waals surface area contributed by atoms with Crippen LogP contribution in [0.3, 0.4) is 0 Å². The summed E-state index contributed by atoms with van der Waals surface area (Å²) in [6.07, 6.45) is 3.34. The molecular weight excluding hydrogens is 306 g/mol. The molecule has 0 radical (unpaired) electrons. The average molecular weight is 322 g/mol. The zero-order chi connectivity index (χ0) is 12.6. The molecule has 0 heterocycles. The van der Waals surface area contributed by atoms with Crippen LogP contribution in [0, 0.1) is 11.7 Å². The minimum Gasteiger partial charge on any atom is -0.385 e. The molecule has 0 bridgehead atoms. The van der Waals surface area contributed by atoms with E-state index in [0.717, 1.165) is 19.3 Å². The van der Waals surface area contributed by atoms with Crippen LogP contribution in [0.15, 0.2) is 16.6 Å². The van der Waals surface area contributed by atoms with Gasteiger partial charge in [0.2, 0.25) is 0 Å². The van der Waals surface area contributed by atoms with Crippen LogP contribution in [0.4, 0.5) is 4.39 Å². The molecule has 4 heteroatoms. The van der Waals surface area contributed by atoms with Gasteiger partial charge >= 0.3 is 0 Å². The van der Waals surface area contributed by atoms with E-state index in [-0.39, 0.29) is 10.9 Å². The molecule has 1 saturated carbocycles. The highest BCUT2D eigenvalue weighted by Crippen LogP contribution is 2.47. The Kier molecular flexibility index (Phi) is 3.81. The molecule has 2 unspecified atom stereocenters. The molecule has 0 aromatic heterocycles. The van der Waals surface area contributed by atoms with Crippen LogP contribution in [0.25, 0.3) is 0 Å². The minimum absolute atomic E-state index is 0.0534. The van der Waals surface area contributed by atoms with E-state index >= 15 is 0 Å². The number of halogens is 3. The van der Waals surface area contributed by atoms with Crippen molar-refractivity contribution in [2.75, 3.05) is 0 Å². The van der Waals surface area contributed by atoms with Crippen LogP contribution >= 0.6 is 27.5 Å².